The third-order valence-corrected chi connectivity index (χ3v) is 6.06. The molecule has 154 valence electrons. The van der Waals surface area contributed by atoms with Crippen LogP contribution in [0.5, 0.6) is 0 Å². The van der Waals surface area contributed by atoms with E-state index >= 15 is 0 Å². The van der Waals surface area contributed by atoms with Gasteiger partial charge in [-0.25, -0.2) is 9.78 Å². The second kappa shape index (κ2) is 8.54. The molecule has 2 aliphatic rings. The molecule has 0 bridgehead atoms. The highest BCUT2D eigenvalue weighted by Gasteiger charge is 2.31. The molecule has 1 aromatic carbocycles. The van der Waals surface area contributed by atoms with Gasteiger partial charge in [0.15, 0.2) is 5.69 Å². The molecular weight excluding hydrogens is 378 g/mol. The number of hydrogen-bond donors (Lipinski definition) is 3. The Morgan fingerprint density at radius 3 is 2.47 bits per heavy atom. The van der Waals surface area contributed by atoms with Crippen molar-refractivity contribution in [3.05, 3.63) is 47.7 Å². The van der Waals surface area contributed by atoms with Gasteiger partial charge in [0, 0.05) is 36.3 Å². The lowest BCUT2D eigenvalue weighted by Crippen LogP contribution is -2.35. The van der Waals surface area contributed by atoms with Crippen molar-refractivity contribution in [2.45, 2.75) is 32.1 Å². The number of nitriles is 1. The Hall–Kier alpha value is -3.40. The second-order valence-corrected chi connectivity index (χ2v) is 7.98. The van der Waals surface area contributed by atoms with Crippen LogP contribution in [0.2, 0.25) is 0 Å². The number of aromatic nitrogens is 1. The van der Waals surface area contributed by atoms with Crippen molar-refractivity contribution in [1.29, 1.82) is 10.7 Å². The normalized spacial score (nSPS) is 17.1. The molecule has 30 heavy (non-hydrogen) atoms. The molecule has 1 aliphatic heterocycles. The van der Waals surface area contributed by atoms with Gasteiger partial charge in [-0.3, -0.25) is 0 Å². The van der Waals surface area contributed by atoms with Gasteiger partial charge >= 0.3 is 5.97 Å². The fourth-order valence-electron chi connectivity index (χ4n) is 4.06. The lowest BCUT2D eigenvalue weighted by molar-refractivity contribution is 0.0690. The molecule has 7 heteroatoms. The molecule has 0 radical (unpaired) electrons. The van der Waals surface area contributed by atoms with Gasteiger partial charge in [-0.1, -0.05) is 24.6 Å². The number of pyridine rings is 1. The van der Waals surface area contributed by atoms with Crippen molar-refractivity contribution >= 4 is 28.9 Å². The maximum atomic E-state index is 11.8. The Bertz CT molecular complexity index is 987. The quantitative estimate of drug-likeness (QED) is 0.615. The summed E-state index contributed by atoms with van der Waals surface area (Å²) >= 11 is 0. The van der Waals surface area contributed by atoms with Crippen LogP contribution in [0.15, 0.2) is 36.4 Å². The van der Waals surface area contributed by atoms with Crippen LogP contribution in [0, 0.1) is 28.6 Å². The molecule has 1 aliphatic carbocycles. The second-order valence-electron chi connectivity index (χ2n) is 7.98. The van der Waals surface area contributed by atoms with Gasteiger partial charge in [0.05, 0.1) is 17.3 Å². The highest BCUT2D eigenvalue weighted by atomic mass is 16.4. The van der Waals surface area contributed by atoms with E-state index in [0.717, 1.165) is 43.5 Å². The summed E-state index contributed by atoms with van der Waals surface area (Å²) in [5.74, 6) is -0.482. The number of para-hydroxylation sites is 1. The minimum atomic E-state index is -1.10. The van der Waals surface area contributed by atoms with E-state index in [1.165, 1.54) is 0 Å². The van der Waals surface area contributed by atoms with Crippen molar-refractivity contribution < 1.29 is 9.90 Å². The number of anilines is 3. The van der Waals surface area contributed by atoms with E-state index in [-0.39, 0.29) is 17.5 Å². The molecule has 0 amide bonds. The zero-order chi connectivity index (χ0) is 21.1. The number of benzene rings is 1. The number of nitrogens with zero attached hydrogens (tertiary/aromatic N) is 3. The number of aromatic carboxylic acids is 1. The molecule has 2 aromatic rings. The third kappa shape index (κ3) is 3.99. The number of hydrogen-bond acceptors (Lipinski definition) is 6. The summed E-state index contributed by atoms with van der Waals surface area (Å²) in [6.45, 7) is 1.33. The lowest BCUT2D eigenvalue weighted by atomic mass is 9.79. The standard InChI is InChI=1S/C23H25N5O2/c24-14-15-9-11-28(12-10-15)19-13-18(23(29)30)27-22(26-17-7-2-1-3-8-17)20(19)21(25)16-5-4-6-16/h1-3,7-8,13,15-16,25H,4-6,9-12H2,(H,26,27)(H,29,30). The number of piperidine rings is 1. The van der Waals surface area contributed by atoms with Gasteiger partial charge in [0.25, 0.3) is 0 Å². The van der Waals surface area contributed by atoms with Gasteiger partial charge in [0.1, 0.15) is 5.82 Å². The van der Waals surface area contributed by atoms with Crippen LogP contribution in [0.25, 0.3) is 0 Å². The Morgan fingerprint density at radius 1 is 1.20 bits per heavy atom. The molecule has 0 atom stereocenters. The van der Waals surface area contributed by atoms with E-state index in [1.807, 2.05) is 30.3 Å². The summed E-state index contributed by atoms with van der Waals surface area (Å²) in [6, 6.07) is 13.4. The summed E-state index contributed by atoms with van der Waals surface area (Å²) < 4.78 is 0. The van der Waals surface area contributed by atoms with Crippen LogP contribution in [-0.4, -0.2) is 34.9 Å². The summed E-state index contributed by atoms with van der Waals surface area (Å²) in [5, 5.41) is 31.1. The monoisotopic (exact) mass is 403 g/mol. The first-order chi connectivity index (χ1) is 14.6. The van der Waals surface area contributed by atoms with Crippen molar-refractivity contribution in [3.8, 4) is 6.07 Å². The Morgan fingerprint density at radius 2 is 1.90 bits per heavy atom. The molecule has 0 spiro atoms. The number of nitrogens with one attached hydrogen (secondary N) is 2. The Kier molecular flexibility index (Phi) is 5.66. The number of carbonyl (C=O) groups is 1. The highest BCUT2D eigenvalue weighted by Crippen LogP contribution is 2.38. The first kappa shape index (κ1) is 19.9. The minimum absolute atomic E-state index is 0.0264. The average Bonchev–Trinajstić information content (AvgIpc) is 2.72. The maximum Gasteiger partial charge on any atom is 0.354 e. The van der Waals surface area contributed by atoms with Crippen molar-refractivity contribution in [2.75, 3.05) is 23.3 Å². The van der Waals surface area contributed by atoms with E-state index in [9.17, 15) is 15.2 Å². The van der Waals surface area contributed by atoms with E-state index in [0.29, 0.717) is 30.2 Å². The van der Waals surface area contributed by atoms with Gasteiger partial charge in [0.2, 0.25) is 0 Å². The molecule has 7 nitrogen and oxygen atoms in total. The summed E-state index contributed by atoms with van der Waals surface area (Å²) in [6.07, 6.45) is 4.52. The molecule has 3 N–H and O–H groups in total. The lowest BCUT2D eigenvalue weighted by Gasteiger charge is -2.35. The predicted octanol–water partition coefficient (Wildman–Crippen LogP) is 4.43. The first-order valence-corrected chi connectivity index (χ1v) is 10.4. The van der Waals surface area contributed by atoms with Gasteiger partial charge in [-0.05, 0) is 43.9 Å². The third-order valence-electron chi connectivity index (χ3n) is 6.06. The smallest absolute Gasteiger partial charge is 0.354 e. The molecular formula is C23H25N5O2. The fourth-order valence-corrected chi connectivity index (χ4v) is 4.06. The number of rotatable bonds is 6. The van der Waals surface area contributed by atoms with E-state index in [1.54, 1.807) is 6.07 Å². The van der Waals surface area contributed by atoms with Gasteiger partial charge in [-0.15, -0.1) is 0 Å². The number of carboxylic acids is 1. The largest absolute Gasteiger partial charge is 0.477 e. The summed E-state index contributed by atoms with van der Waals surface area (Å²) in [5.41, 5.74) is 2.68. The van der Waals surface area contributed by atoms with Crippen LogP contribution in [0.4, 0.5) is 17.2 Å². The van der Waals surface area contributed by atoms with Gasteiger partial charge in [-0.2, -0.15) is 5.26 Å². The Labute approximate surface area is 175 Å². The number of carboxylic acid groups (broad SMARTS) is 1. The van der Waals surface area contributed by atoms with Crippen LogP contribution < -0.4 is 10.2 Å². The average molecular weight is 403 g/mol. The fraction of sp³-hybridized carbons (Fsp3) is 0.391. The van der Waals surface area contributed by atoms with Crippen LogP contribution in [-0.2, 0) is 0 Å². The summed E-state index contributed by atoms with van der Waals surface area (Å²) in [7, 11) is 0. The minimum Gasteiger partial charge on any atom is -0.477 e. The topological polar surface area (TPSA) is 113 Å². The maximum absolute atomic E-state index is 11.8. The molecule has 4 rings (SSSR count). The molecule has 0 unspecified atom stereocenters. The SMILES string of the molecule is N#CC1CCN(c2cc(C(=O)O)nc(Nc3ccccc3)c2C(=N)C2CCC2)CC1. The molecule has 1 saturated carbocycles. The van der Waals surface area contributed by atoms with E-state index < -0.39 is 5.97 Å². The highest BCUT2D eigenvalue weighted by molar-refractivity contribution is 6.10. The van der Waals surface area contributed by atoms with E-state index in [4.69, 9.17) is 5.41 Å². The van der Waals surface area contributed by atoms with Crippen LogP contribution in [0.3, 0.4) is 0 Å². The van der Waals surface area contributed by atoms with Crippen molar-refractivity contribution in [3.63, 3.8) is 0 Å². The van der Waals surface area contributed by atoms with Crippen molar-refractivity contribution in [2.24, 2.45) is 11.8 Å². The van der Waals surface area contributed by atoms with Crippen LogP contribution in [0.1, 0.15) is 48.2 Å². The van der Waals surface area contributed by atoms with Crippen molar-refractivity contribution in [1.82, 2.24) is 4.98 Å². The van der Waals surface area contributed by atoms with Gasteiger partial charge < -0.3 is 20.7 Å². The van der Waals surface area contributed by atoms with E-state index in [2.05, 4.69) is 21.3 Å². The predicted molar refractivity (Wildman–Crippen MR) is 116 cm³/mol. The zero-order valence-corrected chi connectivity index (χ0v) is 16.8. The van der Waals surface area contributed by atoms with Crippen LogP contribution >= 0.6 is 0 Å². The summed E-state index contributed by atoms with van der Waals surface area (Å²) in [4.78, 5) is 18.3. The molecule has 2 heterocycles. The molecule has 1 aromatic heterocycles. The molecule has 2 fully saturated rings. The zero-order valence-electron chi connectivity index (χ0n) is 16.8. The Balaban J connectivity index is 1.80. The molecule has 1 saturated heterocycles. The first-order valence-electron chi connectivity index (χ1n) is 10.4.